The highest BCUT2D eigenvalue weighted by Gasteiger charge is 2.52. The lowest BCUT2D eigenvalue weighted by molar-refractivity contribution is -0.00000737. The third kappa shape index (κ3) is 5.79. The standard InChI is InChI=1S/C34H26ClNPS2.HI/c1-25-17-19-26(20-18-25)33-36-32(34(39-33)38-31-23-21-27(35)22-24-31)37(28-11-5-2-6-12-28,29-13-7-3-8-14-29)30-15-9-4-10-16-30;/h2-24H,1H3;1H/q+1;/p-1. The van der Waals surface area contributed by atoms with Crippen LogP contribution in [0.25, 0.3) is 10.6 Å². The minimum absolute atomic E-state index is 0. The molecule has 0 N–H and O–H groups in total. The van der Waals surface area contributed by atoms with E-state index >= 15 is 0 Å². The van der Waals surface area contributed by atoms with Crippen molar-refractivity contribution in [3.05, 3.63) is 150 Å². The van der Waals surface area contributed by atoms with Gasteiger partial charge in [-0.2, -0.15) is 4.98 Å². The molecule has 1 heterocycles. The van der Waals surface area contributed by atoms with Gasteiger partial charge in [-0.1, -0.05) is 108 Å². The van der Waals surface area contributed by atoms with Crippen LogP contribution in [-0.2, 0) is 0 Å². The van der Waals surface area contributed by atoms with E-state index in [2.05, 4.69) is 134 Å². The molecule has 0 bridgehead atoms. The van der Waals surface area contributed by atoms with Gasteiger partial charge >= 0.3 is 0 Å². The van der Waals surface area contributed by atoms with Crippen LogP contribution in [0, 0.1) is 6.92 Å². The number of benzene rings is 5. The lowest BCUT2D eigenvalue weighted by Crippen LogP contribution is -3.00. The molecule has 0 aliphatic carbocycles. The highest BCUT2D eigenvalue weighted by atomic mass is 127. The van der Waals surface area contributed by atoms with E-state index in [4.69, 9.17) is 16.6 Å². The van der Waals surface area contributed by atoms with Crippen LogP contribution in [0.3, 0.4) is 0 Å². The molecule has 0 fully saturated rings. The summed E-state index contributed by atoms with van der Waals surface area (Å²) in [7, 11) is -2.35. The molecule has 0 aliphatic heterocycles. The van der Waals surface area contributed by atoms with E-state index in [0.717, 1.165) is 25.9 Å². The maximum Gasteiger partial charge on any atom is 0.223 e. The van der Waals surface area contributed by atoms with Gasteiger partial charge in [-0.3, -0.25) is 0 Å². The van der Waals surface area contributed by atoms with Crippen molar-refractivity contribution in [3.8, 4) is 10.6 Å². The first-order valence-corrected chi connectivity index (χ1v) is 16.5. The summed E-state index contributed by atoms with van der Waals surface area (Å²) in [5, 5.41) is 5.65. The molecule has 198 valence electrons. The van der Waals surface area contributed by atoms with Crippen molar-refractivity contribution in [1.29, 1.82) is 0 Å². The predicted octanol–water partition coefficient (Wildman–Crippen LogP) is 5.55. The summed E-state index contributed by atoms with van der Waals surface area (Å²) < 4.78 is 1.21. The van der Waals surface area contributed by atoms with Crippen LogP contribution in [0.15, 0.2) is 149 Å². The highest BCUT2D eigenvalue weighted by Crippen LogP contribution is 2.57. The molecule has 40 heavy (non-hydrogen) atoms. The minimum atomic E-state index is -2.35. The zero-order chi connectivity index (χ0) is 26.7. The third-order valence-corrected chi connectivity index (χ3v) is 13.7. The number of aryl methyl sites for hydroxylation is 1. The summed E-state index contributed by atoms with van der Waals surface area (Å²) in [6.45, 7) is 2.12. The lowest BCUT2D eigenvalue weighted by Gasteiger charge is -2.26. The molecule has 6 aromatic rings. The van der Waals surface area contributed by atoms with Crippen LogP contribution < -0.4 is 45.3 Å². The first-order valence-electron chi connectivity index (χ1n) is 12.7. The van der Waals surface area contributed by atoms with Gasteiger partial charge in [0.2, 0.25) is 5.44 Å². The van der Waals surface area contributed by atoms with Gasteiger partial charge in [-0.05, 0) is 67.6 Å². The summed E-state index contributed by atoms with van der Waals surface area (Å²) in [6, 6.07) is 49.6. The fourth-order valence-electron chi connectivity index (χ4n) is 4.77. The normalized spacial score (nSPS) is 11.2. The summed E-state index contributed by atoms with van der Waals surface area (Å²) in [5.74, 6) is 0. The molecule has 0 aliphatic rings. The van der Waals surface area contributed by atoms with E-state index in [1.807, 2.05) is 12.1 Å². The largest absolute Gasteiger partial charge is 1.00 e. The Kier molecular flexibility index (Phi) is 9.45. The van der Waals surface area contributed by atoms with Crippen LogP contribution in [0.1, 0.15) is 5.56 Å². The molecule has 5 aromatic carbocycles. The summed E-state index contributed by atoms with van der Waals surface area (Å²) in [5.41, 5.74) is 3.53. The molecular formula is C34H26ClINPS2. The molecule has 1 nitrogen and oxygen atoms in total. The Morgan fingerprint density at radius 1 is 0.625 bits per heavy atom. The zero-order valence-corrected chi connectivity index (χ0v) is 27.2. The Bertz CT molecular complexity index is 1580. The van der Waals surface area contributed by atoms with E-state index in [1.54, 1.807) is 23.1 Å². The van der Waals surface area contributed by atoms with Crippen molar-refractivity contribution in [1.82, 2.24) is 4.98 Å². The lowest BCUT2D eigenvalue weighted by atomic mass is 10.2. The Morgan fingerprint density at radius 2 is 1.10 bits per heavy atom. The Labute approximate surface area is 267 Å². The van der Waals surface area contributed by atoms with Gasteiger partial charge in [0, 0.05) is 15.5 Å². The second kappa shape index (κ2) is 13.0. The SMILES string of the molecule is Cc1ccc(-c2nc([P+](c3ccccc3)(c3ccccc3)c3ccccc3)c(Sc3ccc(Cl)cc3)s2)cc1.[I-]. The van der Waals surface area contributed by atoms with Crippen molar-refractivity contribution in [3.63, 3.8) is 0 Å². The fraction of sp³-hybridized carbons (Fsp3) is 0.0294. The van der Waals surface area contributed by atoms with E-state index in [9.17, 15) is 0 Å². The van der Waals surface area contributed by atoms with Crippen LogP contribution in [0.4, 0.5) is 0 Å². The quantitative estimate of drug-likeness (QED) is 0.160. The average molecular weight is 706 g/mol. The Hall–Kier alpha value is -2.47. The van der Waals surface area contributed by atoms with Crippen LogP contribution in [-0.4, -0.2) is 4.98 Å². The Balaban J connectivity index is 0.00000323. The summed E-state index contributed by atoms with van der Waals surface area (Å²) in [6.07, 6.45) is 0. The smallest absolute Gasteiger partial charge is 0.223 e. The molecule has 0 saturated carbocycles. The molecule has 6 heteroatoms. The Morgan fingerprint density at radius 3 is 1.57 bits per heavy atom. The number of thiazole rings is 1. The maximum atomic E-state index is 6.24. The van der Waals surface area contributed by atoms with Crippen LogP contribution in [0.5, 0.6) is 0 Å². The van der Waals surface area contributed by atoms with Gasteiger partial charge in [-0.15, -0.1) is 11.3 Å². The molecule has 0 spiro atoms. The number of hydrogen-bond acceptors (Lipinski definition) is 3. The van der Waals surface area contributed by atoms with Crippen molar-refractivity contribution in [2.45, 2.75) is 16.0 Å². The van der Waals surface area contributed by atoms with Gasteiger partial charge in [0.15, 0.2) is 7.26 Å². The van der Waals surface area contributed by atoms with E-state index in [0.29, 0.717) is 0 Å². The van der Waals surface area contributed by atoms with Crippen molar-refractivity contribution in [2.24, 2.45) is 0 Å². The number of rotatable bonds is 7. The van der Waals surface area contributed by atoms with Gasteiger partial charge in [0.1, 0.15) is 25.1 Å². The minimum Gasteiger partial charge on any atom is -1.00 e. The number of aromatic nitrogens is 1. The first-order chi connectivity index (χ1) is 19.1. The van der Waals surface area contributed by atoms with Crippen molar-refractivity contribution < 1.29 is 24.0 Å². The monoisotopic (exact) mass is 705 g/mol. The molecule has 0 radical (unpaired) electrons. The van der Waals surface area contributed by atoms with Gasteiger partial charge in [0.25, 0.3) is 0 Å². The van der Waals surface area contributed by atoms with E-state index in [1.165, 1.54) is 25.7 Å². The van der Waals surface area contributed by atoms with Gasteiger partial charge < -0.3 is 24.0 Å². The second-order valence-corrected chi connectivity index (χ2v) is 15.3. The maximum absolute atomic E-state index is 6.24. The van der Waals surface area contributed by atoms with Crippen molar-refractivity contribution in [2.75, 3.05) is 0 Å². The fourth-order valence-corrected chi connectivity index (χ4v) is 12.1. The summed E-state index contributed by atoms with van der Waals surface area (Å²) >= 11 is 9.79. The van der Waals surface area contributed by atoms with Gasteiger partial charge in [-0.25, -0.2) is 0 Å². The highest BCUT2D eigenvalue weighted by molar-refractivity contribution is 8.05. The second-order valence-electron chi connectivity index (χ2n) is 9.23. The molecule has 0 atom stereocenters. The molecule has 1 aromatic heterocycles. The summed E-state index contributed by atoms with van der Waals surface area (Å²) in [4.78, 5) is 6.69. The van der Waals surface area contributed by atoms with E-state index in [-0.39, 0.29) is 24.0 Å². The third-order valence-electron chi connectivity index (χ3n) is 6.65. The van der Waals surface area contributed by atoms with E-state index < -0.39 is 7.26 Å². The van der Waals surface area contributed by atoms with Crippen LogP contribution >= 0.6 is 42.0 Å². The molecule has 0 amide bonds. The molecule has 0 unspecified atom stereocenters. The predicted molar refractivity (Wildman–Crippen MR) is 173 cm³/mol. The number of hydrogen-bond donors (Lipinski definition) is 0. The van der Waals surface area contributed by atoms with Crippen LogP contribution in [0.2, 0.25) is 5.02 Å². The van der Waals surface area contributed by atoms with Crippen molar-refractivity contribution >= 4 is 63.3 Å². The van der Waals surface area contributed by atoms with Gasteiger partial charge in [0.05, 0.1) is 0 Å². The molecule has 0 saturated heterocycles. The number of halogens is 2. The molecular weight excluding hydrogens is 680 g/mol. The topological polar surface area (TPSA) is 12.9 Å². The average Bonchev–Trinajstić information content (AvgIpc) is 3.40. The molecule has 6 rings (SSSR count). The first kappa shape index (κ1) is 29.0. The zero-order valence-electron chi connectivity index (χ0n) is 21.7. The number of nitrogens with zero attached hydrogens (tertiary/aromatic N) is 1.